The number of carbonyl (C=O) groups excluding carboxylic acids is 1. The van der Waals surface area contributed by atoms with Crippen LogP contribution in [0.25, 0.3) is 11.1 Å². The van der Waals surface area contributed by atoms with Crippen LogP contribution in [-0.4, -0.2) is 35.3 Å². The van der Waals surface area contributed by atoms with Crippen LogP contribution in [0.5, 0.6) is 5.75 Å². The van der Waals surface area contributed by atoms with Gasteiger partial charge in [0.2, 0.25) is 10.7 Å². The van der Waals surface area contributed by atoms with E-state index in [4.69, 9.17) is 4.74 Å². The number of ether oxygens (including phenoxy) is 1. The molecule has 2 aromatic rings. The Labute approximate surface area is 175 Å². The molecule has 8 nitrogen and oxygen atoms in total. The predicted octanol–water partition coefficient (Wildman–Crippen LogP) is 1.96. The molecular weight excluding hydrogens is 450 g/mol. The molecule has 0 unspecified atom stereocenters. The molecule has 0 radical (unpaired) electrons. The first kappa shape index (κ1) is 22.0. The second-order valence-corrected chi connectivity index (χ2v) is 7.43. The van der Waals surface area contributed by atoms with Crippen molar-refractivity contribution >= 4 is 5.97 Å². The number of nitrogens with zero attached hydrogens (tertiary/aromatic N) is 3. The quantitative estimate of drug-likeness (QED) is 0.551. The SMILES string of the molecule is Cc1c2c(nn(OC(=O)C(F)(F)F)[n+]1=O)COc1cc(C(F)(F)F)c(CC3CNC3)cc1-2. The molecule has 0 amide bonds. The van der Waals surface area contributed by atoms with Crippen LogP contribution in [0.1, 0.15) is 22.5 Å². The van der Waals surface area contributed by atoms with Gasteiger partial charge in [0.15, 0.2) is 12.3 Å². The molecular formula is C18H15F6N4O4+. The van der Waals surface area contributed by atoms with Crippen molar-refractivity contribution in [1.82, 2.24) is 15.4 Å². The van der Waals surface area contributed by atoms with E-state index in [1.165, 1.54) is 13.0 Å². The minimum atomic E-state index is -5.37. The number of fused-ring (bicyclic) bond motifs is 3. The van der Waals surface area contributed by atoms with E-state index < -0.39 is 30.5 Å². The van der Waals surface area contributed by atoms with E-state index in [2.05, 4.69) is 15.3 Å². The molecule has 3 heterocycles. The van der Waals surface area contributed by atoms with E-state index in [1.54, 1.807) is 0 Å². The second-order valence-electron chi connectivity index (χ2n) is 7.43. The molecule has 1 aromatic heterocycles. The van der Waals surface area contributed by atoms with Crippen LogP contribution in [0.2, 0.25) is 0 Å². The minimum Gasteiger partial charge on any atom is -0.484 e. The van der Waals surface area contributed by atoms with Gasteiger partial charge in [-0.05, 0) is 48.0 Å². The number of hydrogen-bond donors (Lipinski definition) is 1. The Morgan fingerprint density at radius 3 is 2.53 bits per heavy atom. The molecule has 2 aliphatic rings. The van der Waals surface area contributed by atoms with Crippen LogP contribution in [0, 0.1) is 17.7 Å². The smallest absolute Gasteiger partial charge is 0.484 e. The number of hydrogen-bond acceptors (Lipinski definition) is 6. The van der Waals surface area contributed by atoms with Gasteiger partial charge in [-0.15, -0.1) is 0 Å². The van der Waals surface area contributed by atoms with Crippen LogP contribution in [0.4, 0.5) is 26.3 Å². The molecule has 2 aliphatic heterocycles. The number of aromatic nitrogens is 3. The highest BCUT2D eigenvalue weighted by atomic mass is 19.4. The fourth-order valence-electron chi connectivity index (χ4n) is 3.58. The van der Waals surface area contributed by atoms with Crippen LogP contribution in [0.3, 0.4) is 0 Å². The predicted molar refractivity (Wildman–Crippen MR) is 92.8 cm³/mol. The average Bonchev–Trinajstić information content (AvgIpc) is 2.66. The maximum absolute atomic E-state index is 13.6. The summed E-state index contributed by atoms with van der Waals surface area (Å²) < 4.78 is 83.4. The minimum absolute atomic E-state index is 0.00140. The number of carbonyl (C=O) groups is 1. The van der Waals surface area contributed by atoms with Crippen LogP contribution >= 0.6 is 0 Å². The number of rotatable bonds is 3. The molecule has 1 N–H and O–H groups in total. The number of halogens is 6. The van der Waals surface area contributed by atoms with Crippen molar-refractivity contribution in [3.63, 3.8) is 0 Å². The molecule has 1 saturated heterocycles. The fraction of sp³-hybridized carbons (Fsp3) is 0.444. The monoisotopic (exact) mass is 465 g/mol. The van der Waals surface area contributed by atoms with Crippen molar-refractivity contribution in [3.8, 4) is 16.9 Å². The second kappa shape index (κ2) is 7.46. The molecule has 172 valence electrons. The topological polar surface area (TPSA) is 88.4 Å². The summed E-state index contributed by atoms with van der Waals surface area (Å²) in [6, 6.07) is 2.11. The molecule has 0 spiro atoms. The standard InChI is InChI=1S/C18H15F6N4O4/c1-8-15-11-3-10(2-9-5-25-6-9)12(17(19,20)21)4-14(11)31-7-13(15)26-28(27(8)30)32-16(29)18(22,23)24/h3-4,9,25H,2,5-7H2,1H3/q+1. The lowest BCUT2D eigenvalue weighted by Gasteiger charge is -2.29. The molecule has 0 bridgehead atoms. The van der Waals surface area contributed by atoms with Gasteiger partial charge < -0.3 is 10.1 Å². The van der Waals surface area contributed by atoms with Crippen molar-refractivity contribution in [1.29, 1.82) is 0 Å². The van der Waals surface area contributed by atoms with Gasteiger partial charge >= 0.3 is 18.3 Å². The van der Waals surface area contributed by atoms with Gasteiger partial charge in [-0.3, -0.25) is 4.84 Å². The number of alkyl halides is 6. The highest BCUT2D eigenvalue weighted by molar-refractivity contribution is 5.77. The zero-order valence-corrected chi connectivity index (χ0v) is 16.3. The summed E-state index contributed by atoms with van der Waals surface area (Å²) in [5.74, 6) is -2.81. The molecule has 1 fully saturated rings. The first-order chi connectivity index (χ1) is 14.9. The normalized spacial score (nSPS) is 16.0. The summed E-state index contributed by atoms with van der Waals surface area (Å²) in [7, 11) is 0. The Morgan fingerprint density at radius 1 is 1.28 bits per heavy atom. The molecule has 0 aliphatic carbocycles. The van der Waals surface area contributed by atoms with Crippen LogP contribution in [0.15, 0.2) is 12.1 Å². The summed E-state index contributed by atoms with van der Waals surface area (Å²) in [6.45, 7) is 1.89. The zero-order chi connectivity index (χ0) is 23.4. The van der Waals surface area contributed by atoms with Gasteiger partial charge in [0.05, 0.1) is 16.2 Å². The molecule has 0 atom stereocenters. The molecule has 14 heteroatoms. The summed E-state index contributed by atoms with van der Waals surface area (Å²) in [5, 5.41) is 6.56. The van der Waals surface area contributed by atoms with E-state index in [9.17, 15) is 36.0 Å². The summed E-state index contributed by atoms with van der Waals surface area (Å²) in [4.78, 5) is 27.3. The fourth-order valence-corrected chi connectivity index (χ4v) is 3.58. The van der Waals surface area contributed by atoms with E-state index in [0.717, 1.165) is 6.07 Å². The lowest BCUT2D eigenvalue weighted by Crippen LogP contribution is -2.47. The molecule has 1 aromatic carbocycles. The van der Waals surface area contributed by atoms with E-state index in [0.29, 0.717) is 13.1 Å². The number of nitrogens with one attached hydrogen (secondary N) is 1. The van der Waals surface area contributed by atoms with Crippen LogP contribution < -0.4 is 19.4 Å². The Bertz CT molecular complexity index is 1150. The van der Waals surface area contributed by atoms with Gasteiger partial charge in [0.1, 0.15) is 10.3 Å². The van der Waals surface area contributed by atoms with Crippen LogP contribution in [-0.2, 0) is 24.0 Å². The molecule has 0 saturated carbocycles. The largest absolute Gasteiger partial charge is 0.493 e. The van der Waals surface area contributed by atoms with Crippen molar-refractivity contribution < 1.29 is 45.3 Å². The first-order valence-electron chi connectivity index (χ1n) is 9.29. The van der Waals surface area contributed by atoms with Gasteiger partial charge in [-0.1, -0.05) is 0 Å². The maximum atomic E-state index is 13.6. The van der Waals surface area contributed by atoms with Gasteiger partial charge in [-0.25, -0.2) is 4.79 Å². The first-order valence-corrected chi connectivity index (χ1v) is 9.29. The van der Waals surface area contributed by atoms with Crippen molar-refractivity contribution in [2.45, 2.75) is 32.3 Å². The molecule has 4 rings (SSSR count). The third-order valence-electron chi connectivity index (χ3n) is 5.21. The lowest BCUT2D eigenvalue weighted by molar-refractivity contribution is -0.646. The van der Waals surface area contributed by atoms with Gasteiger partial charge in [0, 0.05) is 12.5 Å². The maximum Gasteiger partial charge on any atom is 0.493 e. The van der Waals surface area contributed by atoms with Gasteiger partial charge in [-0.2, -0.15) is 26.3 Å². The van der Waals surface area contributed by atoms with Crippen molar-refractivity contribution in [2.24, 2.45) is 5.92 Å². The highest BCUT2D eigenvalue weighted by Gasteiger charge is 2.44. The third-order valence-corrected chi connectivity index (χ3v) is 5.21. The Kier molecular flexibility index (Phi) is 5.14. The zero-order valence-electron chi connectivity index (χ0n) is 16.3. The van der Waals surface area contributed by atoms with Crippen molar-refractivity contribution in [2.75, 3.05) is 13.1 Å². The summed E-state index contributed by atoms with van der Waals surface area (Å²) >= 11 is 0. The third kappa shape index (κ3) is 3.89. The van der Waals surface area contributed by atoms with Gasteiger partial charge in [0.25, 0.3) is 0 Å². The Hall–Kier alpha value is -3.16. The molecule has 32 heavy (non-hydrogen) atoms. The highest BCUT2D eigenvalue weighted by Crippen LogP contribution is 2.44. The number of benzene rings is 1. The average molecular weight is 465 g/mol. The van der Waals surface area contributed by atoms with Crippen molar-refractivity contribution in [3.05, 3.63) is 39.6 Å². The van der Waals surface area contributed by atoms with E-state index >= 15 is 0 Å². The Morgan fingerprint density at radius 2 is 1.97 bits per heavy atom. The summed E-state index contributed by atoms with van der Waals surface area (Å²) in [6.07, 6.45) is -9.87. The Balaban J connectivity index is 1.82. The van der Waals surface area contributed by atoms with E-state index in [1.807, 2.05) is 0 Å². The lowest BCUT2D eigenvalue weighted by atomic mass is 9.88. The summed E-state index contributed by atoms with van der Waals surface area (Å²) in [5.41, 5.74) is -0.931. The van der Waals surface area contributed by atoms with E-state index in [-0.39, 0.29) is 55.7 Å².